The lowest BCUT2D eigenvalue weighted by atomic mass is 10.2. The maximum Gasteiger partial charge on any atom is 0.239 e. The van der Waals surface area contributed by atoms with Crippen molar-refractivity contribution >= 4 is 45.2 Å². The Morgan fingerprint density at radius 1 is 1.14 bits per heavy atom. The molecule has 0 saturated heterocycles. The first-order valence-electron chi connectivity index (χ1n) is 9.09. The van der Waals surface area contributed by atoms with Gasteiger partial charge in [0.25, 0.3) is 0 Å². The second kappa shape index (κ2) is 8.16. The van der Waals surface area contributed by atoms with Gasteiger partial charge in [0.1, 0.15) is 0 Å². The Morgan fingerprint density at radius 3 is 2.68 bits per heavy atom. The maximum absolute atomic E-state index is 12.7. The van der Waals surface area contributed by atoms with E-state index in [1.807, 2.05) is 60.8 Å². The van der Waals surface area contributed by atoms with Gasteiger partial charge in [-0.1, -0.05) is 54.2 Å². The molecule has 0 radical (unpaired) electrons. The Labute approximate surface area is 171 Å². The van der Waals surface area contributed by atoms with E-state index in [0.717, 1.165) is 34.0 Å². The van der Waals surface area contributed by atoms with Crippen LogP contribution in [0.15, 0.2) is 65.1 Å². The molecule has 0 bridgehead atoms. The first-order valence-corrected chi connectivity index (χ1v) is 10.9. The third-order valence-corrected chi connectivity index (χ3v) is 6.24. The highest BCUT2D eigenvalue weighted by molar-refractivity contribution is 8.00. The molecule has 0 aliphatic rings. The van der Waals surface area contributed by atoms with Crippen LogP contribution in [0.3, 0.4) is 0 Å². The van der Waals surface area contributed by atoms with E-state index in [9.17, 15) is 4.79 Å². The van der Waals surface area contributed by atoms with Crippen molar-refractivity contribution in [2.24, 2.45) is 0 Å². The maximum atomic E-state index is 12.7. The number of benzene rings is 2. The lowest BCUT2D eigenvalue weighted by Gasteiger charge is -2.11. The molecular weight excluding hydrogens is 388 g/mol. The number of nitrogens with one attached hydrogen (secondary N) is 1. The number of para-hydroxylation sites is 2. The molecule has 28 heavy (non-hydrogen) atoms. The number of imidazole rings is 1. The number of carbonyl (C=O) groups is 1. The molecule has 7 heteroatoms. The summed E-state index contributed by atoms with van der Waals surface area (Å²) < 4.78 is 2.14. The van der Waals surface area contributed by atoms with Crippen LogP contribution < -0.4 is 5.32 Å². The Hall–Kier alpha value is -2.64. The van der Waals surface area contributed by atoms with Gasteiger partial charge >= 0.3 is 0 Å². The number of amides is 1. The number of aryl methyl sites for hydroxylation is 1. The number of carbonyl (C=O) groups excluding carboxylic acids is 1. The quantitative estimate of drug-likeness (QED) is 0.440. The zero-order valence-corrected chi connectivity index (χ0v) is 17.3. The number of thioether (sulfide) groups is 1. The summed E-state index contributed by atoms with van der Waals surface area (Å²) in [5.41, 5.74) is 3.95. The molecule has 0 unspecified atom stereocenters. The fourth-order valence-electron chi connectivity index (χ4n) is 2.94. The Kier molecular flexibility index (Phi) is 5.45. The lowest BCUT2D eigenvalue weighted by Crippen LogP contribution is -2.22. The van der Waals surface area contributed by atoms with Gasteiger partial charge in [-0.25, -0.2) is 9.97 Å². The summed E-state index contributed by atoms with van der Waals surface area (Å²) in [6.07, 6.45) is 0. The minimum Gasteiger partial charge on any atom is -0.319 e. The van der Waals surface area contributed by atoms with E-state index >= 15 is 0 Å². The van der Waals surface area contributed by atoms with E-state index in [4.69, 9.17) is 0 Å². The molecule has 0 spiro atoms. The number of nitrogens with zero attached hydrogens (tertiary/aromatic N) is 3. The first-order chi connectivity index (χ1) is 13.7. The molecule has 0 aliphatic heterocycles. The highest BCUT2D eigenvalue weighted by Crippen LogP contribution is 2.29. The molecule has 1 amide bonds. The van der Waals surface area contributed by atoms with Crippen LogP contribution in [0.4, 0.5) is 5.13 Å². The van der Waals surface area contributed by atoms with Gasteiger partial charge in [0, 0.05) is 17.5 Å². The molecule has 2 aromatic carbocycles. The topological polar surface area (TPSA) is 59.8 Å². The summed E-state index contributed by atoms with van der Waals surface area (Å²) in [6, 6.07) is 18.0. The van der Waals surface area contributed by atoms with Crippen LogP contribution in [0.5, 0.6) is 0 Å². The fourth-order valence-corrected chi connectivity index (χ4v) is 4.65. The van der Waals surface area contributed by atoms with Crippen molar-refractivity contribution in [1.29, 1.82) is 0 Å². The van der Waals surface area contributed by atoms with Gasteiger partial charge in [-0.3, -0.25) is 4.79 Å². The Morgan fingerprint density at radius 2 is 1.89 bits per heavy atom. The Bertz CT molecular complexity index is 1100. The lowest BCUT2D eigenvalue weighted by molar-refractivity contribution is -0.115. The number of hydrogen-bond donors (Lipinski definition) is 1. The van der Waals surface area contributed by atoms with Crippen molar-refractivity contribution in [2.45, 2.75) is 30.8 Å². The van der Waals surface area contributed by atoms with Crippen molar-refractivity contribution in [3.63, 3.8) is 0 Å². The third-order valence-electron chi connectivity index (χ3n) is 4.39. The number of hydrogen-bond acceptors (Lipinski definition) is 5. The predicted molar refractivity (Wildman–Crippen MR) is 117 cm³/mol. The number of fused-ring (bicyclic) bond motifs is 1. The van der Waals surface area contributed by atoms with Gasteiger partial charge in [0.15, 0.2) is 10.3 Å². The van der Waals surface area contributed by atoms with Crippen LogP contribution in [0.1, 0.15) is 13.8 Å². The number of thiazole rings is 1. The van der Waals surface area contributed by atoms with Crippen molar-refractivity contribution in [3.8, 4) is 11.3 Å². The van der Waals surface area contributed by atoms with Crippen LogP contribution in [0.2, 0.25) is 0 Å². The van der Waals surface area contributed by atoms with Crippen molar-refractivity contribution < 1.29 is 4.79 Å². The van der Waals surface area contributed by atoms with Gasteiger partial charge in [-0.2, -0.15) is 0 Å². The molecule has 1 atom stereocenters. The van der Waals surface area contributed by atoms with Crippen molar-refractivity contribution in [3.05, 3.63) is 60.0 Å². The summed E-state index contributed by atoms with van der Waals surface area (Å²) >= 11 is 2.90. The monoisotopic (exact) mass is 408 g/mol. The van der Waals surface area contributed by atoms with E-state index in [1.54, 1.807) is 0 Å². The SMILES string of the molecule is CCn1c(S[C@@H](C)C(=O)Nc2nc(-c3ccccc3)cs2)nc2ccccc21. The number of aromatic nitrogens is 3. The average Bonchev–Trinajstić information content (AvgIpc) is 3.32. The second-order valence-electron chi connectivity index (χ2n) is 6.28. The van der Waals surface area contributed by atoms with E-state index < -0.39 is 0 Å². The molecule has 0 saturated carbocycles. The predicted octanol–water partition coefficient (Wildman–Crippen LogP) is 5.30. The van der Waals surface area contributed by atoms with E-state index in [1.165, 1.54) is 23.1 Å². The fraction of sp³-hybridized carbons (Fsp3) is 0.190. The molecule has 4 aromatic rings. The van der Waals surface area contributed by atoms with Crippen molar-refractivity contribution in [2.75, 3.05) is 5.32 Å². The zero-order chi connectivity index (χ0) is 19.5. The summed E-state index contributed by atoms with van der Waals surface area (Å²) in [4.78, 5) is 21.9. The first kappa shape index (κ1) is 18.7. The summed E-state index contributed by atoms with van der Waals surface area (Å²) in [7, 11) is 0. The summed E-state index contributed by atoms with van der Waals surface area (Å²) in [5, 5.41) is 6.07. The highest BCUT2D eigenvalue weighted by Gasteiger charge is 2.20. The molecule has 1 N–H and O–H groups in total. The smallest absolute Gasteiger partial charge is 0.239 e. The largest absolute Gasteiger partial charge is 0.319 e. The van der Waals surface area contributed by atoms with E-state index in [0.29, 0.717) is 5.13 Å². The molecule has 4 rings (SSSR count). The molecule has 2 aromatic heterocycles. The number of rotatable bonds is 6. The van der Waals surface area contributed by atoms with Crippen molar-refractivity contribution in [1.82, 2.24) is 14.5 Å². The van der Waals surface area contributed by atoms with Gasteiger partial charge < -0.3 is 9.88 Å². The minimum absolute atomic E-state index is 0.0753. The molecular formula is C21H20N4OS2. The zero-order valence-electron chi connectivity index (χ0n) is 15.6. The van der Waals surface area contributed by atoms with Gasteiger partial charge in [0.2, 0.25) is 5.91 Å². The second-order valence-corrected chi connectivity index (χ2v) is 8.45. The Balaban J connectivity index is 1.47. The standard InChI is InChI=1S/C21H20N4OS2/c1-3-25-18-12-8-7-11-16(18)23-21(25)28-14(2)19(26)24-20-22-17(13-27-20)15-9-5-4-6-10-15/h4-14H,3H2,1-2H3,(H,22,24,26)/t14-/m0/s1. The highest BCUT2D eigenvalue weighted by atomic mass is 32.2. The molecule has 2 heterocycles. The normalized spacial score (nSPS) is 12.2. The molecule has 142 valence electrons. The summed E-state index contributed by atoms with van der Waals surface area (Å²) in [6.45, 7) is 4.79. The molecule has 0 aliphatic carbocycles. The number of anilines is 1. The van der Waals surface area contributed by atoms with E-state index in [-0.39, 0.29) is 11.2 Å². The van der Waals surface area contributed by atoms with Gasteiger partial charge in [0.05, 0.1) is 22.0 Å². The van der Waals surface area contributed by atoms with Crippen LogP contribution in [-0.2, 0) is 11.3 Å². The third kappa shape index (κ3) is 3.81. The average molecular weight is 409 g/mol. The molecule has 5 nitrogen and oxygen atoms in total. The summed E-state index contributed by atoms with van der Waals surface area (Å²) in [5.74, 6) is -0.0753. The van der Waals surface area contributed by atoms with Crippen LogP contribution in [0, 0.1) is 0 Å². The van der Waals surface area contributed by atoms with Crippen LogP contribution in [-0.4, -0.2) is 25.7 Å². The van der Waals surface area contributed by atoms with Gasteiger partial charge in [-0.15, -0.1) is 11.3 Å². The molecule has 0 fully saturated rings. The minimum atomic E-state index is -0.286. The van der Waals surface area contributed by atoms with E-state index in [2.05, 4.69) is 32.8 Å². The van der Waals surface area contributed by atoms with Gasteiger partial charge in [-0.05, 0) is 26.0 Å². The van der Waals surface area contributed by atoms with Crippen LogP contribution >= 0.6 is 23.1 Å². The van der Waals surface area contributed by atoms with Crippen LogP contribution in [0.25, 0.3) is 22.3 Å².